The van der Waals surface area contributed by atoms with Gasteiger partial charge in [-0.15, -0.1) is 0 Å². The van der Waals surface area contributed by atoms with Crippen molar-refractivity contribution in [2.24, 2.45) is 0 Å². The van der Waals surface area contributed by atoms with Gasteiger partial charge in [0.15, 0.2) is 5.58 Å². The Kier molecular flexibility index (Phi) is 2.72. The molecule has 0 unspecified atom stereocenters. The molecule has 2 nitrogen and oxygen atoms in total. The molecule has 0 atom stereocenters. The fraction of sp³-hybridized carbons (Fsp3) is 0.115. The number of benzene rings is 3. The van der Waals surface area contributed by atoms with Gasteiger partial charge in [-0.25, -0.2) is 0 Å². The number of aryl methyl sites for hydroxylation is 2. The molecule has 0 radical (unpaired) electrons. The van der Waals surface area contributed by atoms with Crippen molar-refractivity contribution in [1.82, 2.24) is 4.98 Å². The van der Waals surface area contributed by atoms with Gasteiger partial charge in [-0.1, -0.05) is 47.5 Å². The van der Waals surface area contributed by atoms with Crippen LogP contribution in [-0.4, -0.2) is 4.98 Å². The molecule has 134 valence electrons. The molecule has 6 rings (SSSR count). The van der Waals surface area contributed by atoms with Crippen molar-refractivity contribution >= 4 is 38.8 Å². The molecule has 3 aromatic carbocycles. The Balaban J connectivity index is 1.79. The summed E-state index contributed by atoms with van der Waals surface area (Å²) in [4.78, 5) is 4.65. The van der Waals surface area contributed by atoms with E-state index in [2.05, 4.69) is 43.1 Å². The van der Waals surface area contributed by atoms with Crippen LogP contribution in [0.25, 0.3) is 50.0 Å². The second-order valence-electron chi connectivity index (χ2n) is 7.57. The summed E-state index contributed by atoms with van der Waals surface area (Å²) in [6.07, 6.45) is 3.70. The van der Waals surface area contributed by atoms with Crippen LogP contribution in [0.4, 0.5) is 0 Å². The summed E-state index contributed by atoms with van der Waals surface area (Å²) < 4.78 is 23.8. The van der Waals surface area contributed by atoms with Gasteiger partial charge >= 0.3 is 0 Å². The lowest BCUT2D eigenvalue weighted by atomic mass is 9.91. The van der Waals surface area contributed by atoms with Gasteiger partial charge in [0.1, 0.15) is 11.3 Å². The summed E-state index contributed by atoms with van der Waals surface area (Å²) in [5.74, 6) is 0. The molecule has 0 aliphatic heterocycles. The molecule has 0 amide bonds. The van der Waals surface area contributed by atoms with Gasteiger partial charge in [-0.05, 0) is 60.8 Å². The average molecular weight is 363 g/mol. The molecule has 0 saturated carbocycles. The van der Waals surface area contributed by atoms with Crippen molar-refractivity contribution in [2.45, 2.75) is 20.2 Å². The van der Waals surface area contributed by atoms with Crippen molar-refractivity contribution in [3.8, 4) is 11.3 Å². The van der Waals surface area contributed by atoms with Gasteiger partial charge in [-0.2, -0.15) is 0 Å². The van der Waals surface area contributed by atoms with E-state index in [0.29, 0.717) is 16.7 Å². The average Bonchev–Trinajstić information content (AvgIpc) is 3.07. The molecule has 1 aliphatic carbocycles. The number of allylic oxidation sites excluding steroid dienone is 1. The number of fused-ring (bicyclic) bond motifs is 4. The summed E-state index contributed by atoms with van der Waals surface area (Å²) in [6, 6.07) is 16.5. The lowest BCUT2D eigenvalue weighted by molar-refractivity contribution is 0.664. The van der Waals surface area contributed by atoms with Crippen molar-refractivity contribution in [3.05, 3.63) is 83.1 Å². The number of pyridine rings is 1. The van der Waals surface area contributed by atoms with Crippen molar-refractivity contribution < 1.29 is 7.16 Å². The maximum absolute atomic E-state index is 8.68. The topological polar surface area (TPSA) is 26.0 Å². The number of nitrogens with zero attached hydrogens (tertiary/aromatic N) is 1. The molecule has 0 N–H and O–H groups in total. The summed E-state index contributed by atoms with van der Waals surface area (Å²) in [7, 11) is 0. The summed E-state index contributed by atoms with van der Waals surface area (Å²) in [5.41, 5.74) is 7.09. The molecule has 2 aromatic heterocycles. The molecule has 2 heteroatoms. The van der Waals surface area contributed by atoms with E-state index in [1.807, 2.05) is 36.5 Å². The SMILES string of the molecule is [2H]C1([2H])C=Cc2cccc3cc4c(oc5c(-c6cc(C)cc(C)c6)nccc54)c1c23. The van der Waals surface area contributed by atoms with E-state index >= 15 is 0 Å². The number of hydrogen-bond acceptors (Lipinski definition) is 2. The van der Waals surface area contributed by atoms with Crippen molar-refractivity contribution in [1.29, 1.82) is 0 Å². The van der Waals surface area contributed by atoms with Crippen LogP contribution in [0.15, 0.2) is 65.2 Å². The Morgan fingerprint density at radius 1 is 0.964 bits per heavy atom. The molecule has 5 aromatic rings. The lowest BCUT2D eigenvalue weighted by Crippen LogP contribution is -1.93. The zero-order valence-corrected chi connectivity index (χ0v) is 15.7. The second kappa shape index (κ2) is 5.56. The van der Waals surface area contributed by atoms with E-state index in [1.165, 1.54) is 11.1 Å². The van der Waals surface area contributed by atoms with Crippen LogP contribution in [0.1, 0.15) is 25.0 Å². The molecule has 0 fully saturated rings. The minimum Gasteiger partial charge on any atom is -0.453 e. The fourth-order valence-electron chi connectivity index (χ4n) is 4.45. The maximum Gasteiger partial charge on any atom is 0.161 e. The van der Waals surface area contributed by atoms with E-state index in [-0.39, 0.29) is 0 Å². The van der Waals surface area contributed by atoms with E-state index < -0.39 is 6.37 Å². The third-order valence-corrected chi connectivity index (χ3v) is 5.53. The van der Waals surface area contributed by atoms with Gasteiger partial charge in [0.05, 0.1) is 0 Å². The predicted octanol–water partition coefficient (Wildman–Crippen LogP) is 6.99. The van der Waals surface area contributed by atoms with E-state index in [0.717, 1.165) is 38.4 Å². The van der Waals surface area contributed by atoms with E-state index in [4.69, 9.17) is 7.16 Å². The van der Waals surface area contributed by atoms with Crippen LogP contribution in [-0.2, 0) is 6.37 Å². The van der Waals surface area contributed by atoms with Crippen molar-refractivity contribution in [3.63, 3.8) is 0 Å². The van der Waals surface area contributed by atoms with Crippen LogP contribution in [0.2, 0.25) is 0 Å². The first kappa shape index (κ1) is 13.7. The molecule has 0 bridgehead atoms. The number of hydrogen-bond donors (Lipinski definition) is 0. The maximum atomic E-state index is 8.68. The summed E-state index contributed by atoms with van der Waals surface area (Å²) >= 11 is 0. The lowest BCUT2D eigenvalue weighted by Gasteiger charge is -2.12. The first-order valence-electron chi connectivity index (χ1n) is 10.5. The molecular formula is C26H19NO. The van der Waals surface area contributed by atoms with Crippen LogP contribution in [0.5, 0.6) is 0 Å². The zero-order valence-electron chi connectivity index (χ0n) is 17.7. The van der Waals surface area contributed by atoms with Crippen molar-refractivity contribution in [2.75, 3.05) is 0 Å². The Morgan fingerprint density at radius 2 is 1.82 bits per heavy atom. The first-order chi connectivity index (χ1) is 14.4. The summed E-state index contributed by atoms with van der Waals surface area (Å²) in [6.45, 7) is 4.16. The molecule has 1 aliphatic rings. The number of aromatic nitrogens is 1. The van der Waals surface area contributed by atoms with Gasteiger partial charge in [0, 0.05) is 30.8 Å². The Hall–Kier alpha value is -3.39. The van der Waals surface area contributed by atoms with E-state index in [1.54, 1.807) is 6.08 Å². The normalized spacial score (nSPS) is 15.9. The Bertz CT molecular complexity index is 1520. The highest BCUT2D eigenvalue weighted by Gasteiger charge is 2.20. The summed E-state index contributed by atoms with van der Waals surface area (Å²) in [5, 5.41) is 3.84. The highest BCUT2D eigenvalue weighted by molar-refractivity contribution is 6.15. The highest BCUT2D eigenvalue weighted by Crippen LogP contribution is 2.41. The molecule has 0 saturated heterocycles. The van der Waals surface area contributed by atoms with Crippen LogP contribution in [0.3, 0.4) is 0 Å². The molecule has 28 heavy (non-hydrogen) atoms. The van der Waals surface area contributed by atoms with Gasteiger partial charge < -0.3 is 4.42 Å². The zero-order chi connectivity index (χ0) is 20.6. The minimum absolute atomic E-state index is 0.607. The second-order valence-corrected chi connectivity index (χ2v) is 7.57. The predicted molar refractivity (Wildman–Crippen MR) is 117 cm³/mol. The minimum atomic E-state index is -1.60. The van der Waals surface area contributed by atoms with Gasteiger partial charge in [-0.3, -0.25) is 4.98 Å². The third-order valence-electron chi connectivity index (χ3n) is 5.53. The molecular weight excluding hydrogens is 342 g/mol. The highest BCUT2D eigenvalue weighted by atomic mass is 16.3. The Morgan fingerprint density at radius 3 is 2.68 bits per heavy atom. The quantitative estimate of drug-likeness (QED) is 0.321. The van der Waals surface area contributed by atoms with Crippen LogP contribution in [0, 0.1) is 13.8 Å². The van der Waals surface area contributed by atoms with Crippen LogP contribution < -0.4 is 0 Å². The third kappa shape index (κ3) is 2.12. The van der Waals surface area contributed by atoms with Gasteiger partial charge in [0.25, 0.3) is 0 Å². The standard InChI is InChI=1S/C26H19NO/c1-15-11-16(2)13-19(12-15)24-26-20(9-10-27-24)22-14-18-7-3-5-17-6-4-8-21(23(17)18)25(22)28-26/h3-7,9-14H,8H2,1-2H3/i8D2. The van der Waals surface area contributed by atoms with E-state index in [9.17, 15) is 0 Å². The number of furan rings is 1. The molecule has 2 heterocycles. The van der Waals surface area contributed by atoms with Crippen LogP contribution >= 0.6 is 0 Å². The first-order valence-corrected chi connectivity index (χ1v) is 9.48. The van der Waals surface area contributed by atoms with Gasteiger partial charge in [0.2, 0.25) is 0 Å². The Labute approximate surface area is 165 Å². The molecule has 0 spiro atoms. The number of rotatable bonds is 1. The largest absolute Gasteiger partial charge is 0.453 e. The fourth-order valence-corrected chi connectivity index (χ4v) is 4.45. The smallest absolute Gasteiger partial charge is 0.161 e. The monoisotopic (exact) mass is 363 g/mol.